The van der Waals surface area contributed by atoms with Gasteiger partial charge in [-0.1, -0.05) is 38.8 Å². The third-order valence-corrected chi connectivity index (χ3v) is 6.20. The normalized spacial score (nSPS) is 10.9. The minimum atomic E-state index is -0.983. The molecule has 8 nitrogen and oxygen atoms in total. The number of carboxylic acids is 1. The Morgan fingerprint density at radius 3 is 2.34 bits per heavy atom. The van der Waals surface area contributed by atoms with Gasteiger partial charge in [-0.05, 0) is 43.5 Å². The number of para-hydroxylation sites is 1. The number of hydrogen-bond donors (Lipinski definition) is 1. The summed E-state index contributed by atoms with van der Waals surface area (Å²) in [7, 11) is 1.54. The zero-order valence-electron chi connectivity index (χ0n) is 22.6. The second-order valence-corrected chi connectivity index (χ2v) is 9.10. The van der Waals surface area contributed by atoms with Crippen LogP contribution in [0, 0.1) is 0 Å². The molecule has 0 saturated carbocycles. The fourth-order valence-corrected chi connectivity index (χ4v) is 4.46. The first-order valence-corrected chi connectivity index (χ1v) is 13.1. The smallest absolute Gasteiger partial charge is 0.303 e. The number of Topliss-reactive ketones (excluding diaryl/α,β-unsaturated/α-hetero) is 1. The number of hydrogen-bond acceptors (Lipinski definition) is 7. The van der Waals surface area contributed by atoms with Crippen LogP contribution in [0.4, 0.5) is 0 Å². The third kappa shape index (κ3) is 6.73. The number of ketones is 1. The molecule has 0 unspecified atom stereocenters. The zero-order chi connectivity index (χ0) is 27.7. The summed E-state index contributed by atoms with van der Waals surface area (Å²) >= 11 is 0. The Labute approximate surface area is 222 Å². The number of benzene rings is 2. The Kier molecular flexibility index (Phi) is 10.3. The first-order chi connectivity index (χ1) is 18.3. The molecule has 0 amide bonds. The maximum absolute atomic E-state index is 13.3. The van der Waals surface area contributed by atoms with E-state index in [1.165, 1.54) is 6.92 Å². The molecule has 0 atom stereocenters. The average molecular weight is 525 g/mol. The van der Waals surface area contributed by atoms with Crippen LogP contribution in [-0.2, 0) is 24.1 Å². The van der Waals surface area contributed by atoms with E-state index in [-0.39, 0.29) is 42.2 Å². The highest BCUT2D eigenvalue weighted by Gasteiger charge is 2.20. The van der Waals surface area contributed by atoms with Gasteiger partial charge in [-0.3, -0.25) is 14.4 Å². The summed E-state index contributed by atoms with van der Waals surface area (Å²) in [6.07, 6.45) is 3.52. The molecule has 0 aliphatic carbocycles. The molecule has 0 aliphatic rings. The summed E-state index contributed by atoms with van der Waals surface area (Å²) in [5, 5.41) is 9.60. The number of aryl methyl sites for hydroxylation is 2. The van der Waals surface area contributed by atoms with Crippen molar-refractivity contribution in [2.45, 2.75) is 65.7 Å². The molecule has 1 N–H and O–H groups in total. The fourth-order valence-electron chi connectivity index (χ4n) is 4.46. The molecule has 8 heteroatoms. The summed E-state index contributed by atoms with van der Waals surface area (Å²) in [5.74, 6) is 0.407. The minimum Gasteiger partial charge on any atom is -0.496 e. The van der Waals surface area contributed by atoms with Crippen LogP contribution >= 0.6 is 0 Å². The summed E-state index contributed by atoms with van der Waals surface area (Å²) in [5.41, 5.74) is 2.46. The van der Waals surface area contributed by atoms with Crippen molar-refractivity contribution in [3.63, 3.8) is 0 Å². The predicted octanol–water partition coefficient (Wildman–Crippen LogP) is 5.77. The molecule has 2 aromatic carbocycles. The van der Waals surface area contributed by atoms with E-state index >= 15 is 0 Å². The van der Waals surface area contributed by atoms with Crippen molar-refractivity contribution in [1.29, 1.82) is 0 Å². The van der Waals surface area contributed by atoms with E-state index in [0.29, 0.717) is 47.5 Å². The highest BCUT2D eigenvalue weighted by molar-refractivity contribution is 5.97. The lowest BCUT2D eigenvalue weighted by molar-refractivity contribution is -0.137. The van der Waals surface area contributed by atoms with Crippen molar-refractivity contribution in [3.8, 4) is 17.2 Å². The second kappa shape index (κ2) is 13.7. The molecule has 0 spiro atoms. The van der Waals surface area contributed by atoms with Gasteiger partial charge in [0.15, 0.2) is 11.5 Å². The highest BCUT2D eigenvalue weighted by Crippen LogP contribution is 2.34. The first-order valence-electron chi connectivity index (χ1n) is 13.1. The lowest BCUT2D eigenvalue weighted by Gasteiger charge is -2.17. The van der Waals surface area contributed by atoms with Crippen molar-refractivity contribution in [3.05, 3.63) is 63.0 Å². The fraction of sp³-hybridized carbons (Fsp3) is 0.433. The van der Waals surface area contributed by atoms with Gasteiger partial charge in [-0.2, -0.15) is 0 Å². The van der Waals surface area contributed by atoms with Crippen LogP contribution in [0.3, 0.4) is 0 Å². The SMILES string of the molecule is CCCc1c(OCCCOc2c(CCC(=O)O)oc3c(CCC)cccc3c2=O)ccc(C(C)=O)c1OC. The van der Waals surface area contributed by atoms with Crippen molar-refractivity contribution in [1.82, 2.24) is 0 Å². The quantitative estimate of drug-likeness (QED) is 0.197. The van der Waals surface area contributed by atoms with Crippen molar-refractivity contribution in [2.75, 3.05) is 20.3 Å². The topological polar surface area (TPSA) is 112 Å². The lowest BCUT2D eigenvalue weighted by Crippen LogP contribution is -2.15. The highest BCUT2D eigenvalue weighted by atomic mass is 16.5. The predicted molar refractivity (Wildman–Crippen MR) is 145 cm³/mol. The molecular formula is C30H36O8. The second-order valence-electron chi connectivity index (χ2n) is 9.10. The Bertz CT molecular complexity index is 1340. The summed E-state index contributed by atoms with van der Waals surface area (Å²) < 4.78 is 23.5. The number of fused-ring (bicyclic) bond motifs is 1. The van der Waals surface area contributed by atoms with E-state index in [9.17, 15) is 19.5 Å². The van der Waals surface area contributed by atoms with E-state index in [2.05, 4.69) is 0 Å². The molecule has 3 aromatic rings. The number of aliphatic carboxylic acids is 1. The number of carbonyl (C=O) groups is 2. The van der Waals surface area contributed by atoms with Crippen molar-refractivity contribution < 1.29 is 33.3 Å². The number of carbonyl (C=O) groups excluding carboxylic acids is 1. The van der Waals surface area contributed by atoms with Gasteiger partial charge in [0.25, 0.3) is 0 Å². The summed E-state index contributed by atoms with van der Waals surface area (Å²) in [6.45, 7) is 6.07. The van der Waals surface area contributed by atoms with E-state index in [4.69, 9.17) is 18.6 Å². The molecule has 0 bridgehead atoms. The molecule has 1 heterocycles. The molecule has 38 heavy (non-hydrogen) atoms. The van der Waals surface area contributed by atoms with Crippen LogP contribution in [0.5, 0.6) is 17.2 Å². The van der Waals surface area contributed by atoms with Crippen LogP contribution in [0.25, 0.3) is 11.0 Å². The Hall–Kier alpha value is -3.81. The summed E-state index contributed by atoms with van der Waals surface area (Å²) in [4.78, 5) is 36.5. The van der Waals surface area contributed by atoms with Gasteiger partial charge in [-0.25, -0.2) is 0 Å². The van der Waals surface area contributed by atoms with Gasteiger partial charge in [0.2, 0.25) is 11.2 Å². The van der Waals surface area contributed by atoms with Gasteiger partial charge >= 0.3 is 5.97 Å². The number of methoxy groups -OCH3 is 1. The molecule has 3 rings (SSSR count). The molecular weight excluding hydrogens is 488 g/mol. The van der Waals surface area contributed by atoms with Crippen LogP contribution in [0.2, 0.25) is 0 Å². The van der Waals surface area contributed by atoms with Crippen molar-refractivity contribution in [2.24, 2.45) is 0 Å². The monoisotopic (exact) mass is 524 g/mol. The van der Waals surface area contributed by atoms with Crippen LogP contribution in [-0.4, -0.2) is 37.2 Å². The number of ether oxygens (including phenoxy) is 3. The van der Waals surface area contributed by atoms with E-state index in [1.54, 1.807) is 25.3 Å². The van der Waals surface area contributed by atoms with Crippen molar-refractivity contribution >= 4 is 22.7 Å². The standard InChI is InChI=1S/C30H36O8/c1-5-9-20-11-7-12-23-27(34)30(25(38-28(20)23)15-16-26(32)33)37-18-8-17-36-24-14-13-21(19(3)31)29(35-4)22(24)10-6-2/h7,11-14H,5-6,8-10,15-18H2,1-4H3,(H,32,33). The Morgan fingerprint density at radius 1 is 0.947 bits per heavy atom. The van der Waals surface area contributed by atoms with Gasteiger partial charge in [0.05, 0.1) is 37.7 Å². The average Bonchev–Trinajstić information content (AvgIpc) is 2.89. The summed E-state index contributed by atoms with van der Waals surface area (Å²) in [6, 6.07) is 8.91. The van der Waals surface area contributed by atoms with Gasteiger partial charge in [0.1, 0.15) is 17.1 Å². The lowest BCUT2D eigenvalue weighted by atomic mass is 10.0. The zero-order valence-corrected chi connectivity index (χ0v) is 22.6. The Balaban J connectivity index is 1.77. The van der Waals surface area contributed by atoms with Crippen LogP contribution < -0.4 is 19.6 Å². The molecule has 0 aliphatic heterocycles. The maximum Gasteiger partial charge on any atom is 0.303 e. The first kappa shape index (κ1) is 28.8. The van der Waals surface area contributed by atoms with Gasteiger partial charge < -0.3 is 23.7 Å². The van der Waals surface area contributed by atoms with E-state index < -0.39 is 5.97 Å². The third-order valence-electron chi connectivity index (χ3n) is 6.20. The maximum atomic E-state index is 13.3. The van der Waals surface area contributed by atoms with E-state index in [1.807, 2.05) is 26.0 Å². The van der Waals surface area contributed by atoms with E-state index in [0.717, 1.165) is 30.4 Å². The molecule has 1 aromatic heterocycles. The molecule has 0 fully saturated rings. The molecule has 204 valence electrons. The largest absolute Gasteiger partial charge is 0.496 e. The van der Waals surface area contributed by atoms with Gasteiger partial charge in [0, 0.05) is 18.4 Å². The number of carboxylic acid groups (broad SMARTS) is 1. The van der Waals surface area contributed by atoms with Gasteiger partial charge in [-0.15, -0.1) is 0 Å². The van der Waals surface area contributed by atoms with Crippen LogP contribution in [0.1, 0.15) is 73.7 Å². The minimum absolute atomic E-state index is 0.0477. The molecule has 0 radical (unpaired) electrons. The Morgan fingerprint density at radius 2 is 1.68 bits per heavy atom. The van der Waals surface area contributed by atoms with Crippen LogP contribution in [0.15, 0.2) is 39.5 Å². The molecule has 0 saturated heterocycles. The number of rotatable bonds is 15.